The van der Waals surface area contributed by atoms with Crippen molar-refractivity contribution in [3.63, 3.8) is 0 Å². The van der Waals surface area contributed by atoms with Crippen LogP contribution in [0.1, 0.15) is 12.5 Å². The Kier molecular flexibility index (Phi) is 5.18. The van der Waals surface area contributed by atoms with Crippen LogP contribution in [0.4, 0.5) is 16.2 Å². The maximum Gasteiger partial charge on any atom is 0.325 e. The van der Waals surface area contributed by atoms with E-state index in [2.05, 4.69) is 10.6 Å². The van der Waals surface area contributed by atoms with E-state index in [0.29, 0.717) is 17.0 Å². The number of nitrogens with zero attached hydrogens (tertiary/aromatic N) is 2. The summed E-state index contributed by atoms with van der Waals surface area (Å²) in [7, 11) is 1.49. The molecule has 4 amide bonds. The number of benzene rings is 2. The van der Waals surface area contributed by atoms with Gasteiger partial charge in [0.15, 0.2) is 0 Å². The molecular formula is C19H18N4O6. The predicted octanol–water partition coefficient (Wildman–Crippen LogP) is 2.01. The van der Waals surface area contributed by atoms with Crippen LogP contribution in [-0.4, -0.2) is 41.3 Å². The Hall–Kier alpha value is -3.95. The van der Waals surface area contributed by atoms with E-state index in [1.54, 1.807) is 24.3 Å². The van der Waals surface area contributed by atoms with Crippen molar-refractivity contribution in [1.82, 2.24) is 10.2 Å². The molecule has 1 saturated heterocycles. The number of nitro benzene ring substituents is 1. The Morgan fingerprint density at radius 3 is 2.55 bits per heavy atom. The van der Waals surface area contributed by atoms with E-state index in [1.165, 1.54) is 38.3 Å². The van der Waals surface area contributed by atoms with Crippen LogP contribution in [0.3, 0.4) is 0 Å². The lowest BCUT2D eigenvalue weighted by Crippen LogP contribution is -2.42. The minimum absolute atomic E-state index is 0.136. The van der Waals surface area contributed by atoms with Gasteiger partial charge in [-0.25, -0.2) is 4.79 Å². The van der Waals surface area contributed by atoms with Crippen LogP contribution in [0.25, 0.3) is 0 Å². The number of urea groups is 1. The summed E-state index contributed by atoms with van der Waals surface area (Å²) in [5, 5.41) is 16.0. The number of imide groups is 1. The average molecular weight is 398 g/mol. The molecule has 2 N–H and O–H groups in total. The number of carbonyl (C=O) groups is 3. The van der Waals surface area contributed by atoms with E-state index in [0.717, 1.165) is 4.90 Å². The van der Waals surface area contributed by atoms with Crippen molar-refractivity contribution in [3.05, 3.63) is 64.2 Å². The Morgan fingerprint density at radius 2 is 1.93 bits per heavy atom. The van der Waals surface area contributed by atoms with Crippen LogP contribution in [0.15, 0.2) is 48.5 Å². The molecule has 0 aliphatic carbocycles. The summed E-state index contributed by atoms with van der Waals surface area (Å²) < 4.78 is 5.08. The number of anilines is 1. The maximum absolute atomic E-state index is 12.9. The lowest BCUT2D eigenvalue weighted by molar-refractivity contribution is -0.384. The Labute approximate surface area is 165 Å². The quantitative estimate of drug-likeness (QED) is 0.435. The molecule has 10 heteroatoms. The molecule has 29 heavy (non-hydrogen) atoms. The SMILES string of the molecule is COc1cccc(NC(=O)CN2C(=O)N[C@](C)(c3ccc([N+](=O)[O-])cc3)C2=O)c1. The van der Waals surface area contributed by atoms with Crippen LogP contribution < -0.4 is 15.4 Å². The van der Waals surface area contributed by atoms with Crippen molar-refractivity contribution < 1.29 is 24.0 Å². The van der Waals surface area contributed by atoms with Gasteiger partial charge < -0.3 is 15.4 Å². The van der Waals surface area contributed by atoms with Gasteiger partial charge in [0.1, 0.15) is 17.8 Å². The fourth-order valence-electron chi connectivity index (χ4n) is 3.00. The zero-order valence-electron chi connectivity index (χ0n) is 15.7. The number of rotatable bonds is 6. The molecule has 1 heterocycles. The summed E-state index contributed by atoms with van der Waals surface area (Å²) >= 11 is 0. The van der Waals surface area contributed by atoms with Gasteiger partial charge in [-0.3, -0.25) is 24.6 Å². The first-order chi connectivity index (χ1) is 13.7. The second kappa shape index (κ2) is 7.58. The second-order valence-corrected chi connectivity index (χ2v) is 6.53. The molecule has 2 aromatic rings. The van der Waals surface area contributed by atoms with Crippen molar-refractivity contribution in [1.29, 1.82) is 0 Å². The summed E-state index contributed by atoms with van der Waals surface area (Å²) in [6, 6.07) is 11.2. The summed E-state index contributed by atoms with van der Waals surface area (Å²) in [5.74, 6) is -0.643. The molecule has 2 aromatic carbocycles. The Balaban J connectivity index is 1.74. The number of nitrogens with one attached hydrogen (secondary N) is 2. The van der Waals surface area contributed by atoms with Crippen LogP contribution in [-0.2, 0) is 15.1 Å². The molecule has 1 aliphatic rings. The molecule has 1 atom stereocenters. The molecule has 0 bridgehead atoms. The lowest BCUT2D eigenvalue weighted by Gasteiger charge is -2.22. The van der Waals surface area contributed by atoms with Crippen LogP contribution in [0.2, 0.25) is 0 Å². The monoisotopic (exact) mass is 398 g/mol. The molecule has 0 saturated carbocycles. The first-order valence-corrected chi connectivity index (χ1v) is 8.57. The topological polar surface area (TPSA) is 131 Å². The van der Waals surface area contributed by atoms with Gasteiger partial charge in [-0.05, 0) is 36.8 Å². The van der Waals surface area contributed by atoms with E-state index >= 15 is 0 Å². The largest absolute Gasteiger partial charge is 0.497 e. The zero-order valence-corrected chi connectivity index (χ0v) is 15.7. The number of non-ortho nitro benzene ring substituents is 1. The number of methoxy groups -OCH3 is 1. The van der Waals surface area contributed by atoms with Gasteiger partial charge in [-0.15, -0.1) is 0 Å². The molecule has 0 unspecified atom stereocenters. The number of amides is 4. The minimum Gasteiger partial charge on any atom is -0.497 e. The first-order valence-electron chi connectivity index (χ1n) is 8.57. The zero-order chi connectivity index (χ0) is 21.2. The van der Waals surface area contributed by atoms with Crippen LogP contribution in [0, 0.1) is 10.1 Å². The molecule has 0 spiro atoms. The number of hydrogen-bond donors (Lipinski definition) is 2. The molecule has 150 valence electrons. The highest BCUT2D eigenvalue weighted by molar-refractivity contribution is 6.10. The molecule has 0 aromatic heterocycles. The van der Waals surface area contributed by atoms with E-state index in [-0.39, 0.29) is 5.69 Å². The fraction of sp³-hybridized carbons (Fsp3) is 0.211. The highest BCUT2D eigenvalue weighted by Crippen LogP contribution is 2.30. The van der Waals surface area contributed by atoms with E-state index in [4.69, 9.17) is 4.74 Å². The van der Waals surface area contributed by atoms with Crippen LogP contribution >= 0.6 is 0 Å². The normalized spacial score (nSPS) is 18.3. The molecule has 10 nitrogen and oxygen atoms in total. The predicted molar refractivity (Wildman–Crippen MR) is 102 cm³/mol. The molecule has 3 rings (SSSR count). The fourth-order valence-corrected chi connectivity index (χ4v) is 3.00. The van der Waals surface area contributed by atoms with E-state index in [1.807, 2.05) is 0 Å². The van der Waals surface area contributed by atoms with Gasteiger partial charge in [-0.1, -0.05) is 6.07 Å². The summed E-state index contributed by atoms with van der Waals surface area (Å²) in [6.07, 6.45) is 0. The Morgan fingerprint density at radius 1 is 1.24 bits per heavy atom. The number of ether oxygens (including phenoxy) is 1. The summed E-state index contributed by atoms with van der Waals surface area (Å²) in [5.41, 5.74) is -0.733. The lowest BCUT2D eigenvalue weighted by atomic mass is 9.92. The number of hydrogen-bond acceptors (Lipinski definition) is 6. The highest BCUT2D eigenvalue weighted by atomic mass is 16.6. The van der Waals surface area contributed by atoms with Crippen molar-refractivity contribution >= 4 is 29.2 Å². The third-order valence-corrected chi connectivity index (χ3v) is 4.59. The molecular weight excluding hydrogens is 380 g/mol. The molecule has 1 fully saturated rings. The average Bonchev–Trinajstić information content (AvgIpc) is 2.92. The van der Waals surface area contributed by atoms with Gasteiger partial charge in [0, 0.05) is 23.9 Å². The molecule has 1 aliphatic heterocycles. The van der Waals surface area contributed by atoms with E-state index in [9.17, 15) is 24.5 Å². The van der Waals surface area contributed by atoms with Crippen molar-refractivity contribution in [2.24, 2.45) is 0 Å². The van der Waals surface area contributed by atoms with Crippen LogP contribution in [0.5, 0.6) is 5.75 Å². The third kappa shape index (κ3) is 3.86. The number of carbonyl (C=O) groups excluding carboxylic acids is 3. The van der Waals surface area contributed by atoms with Gasteiger partial charge in [0.2, 0.25) is 5.91 Å². The van der Waals surface area contributed by atoms with Gasteiger partial charge in [0.05, 0.1) is 12.0 Å². The third-order valence-electron chi connectivity index (χ3n) is 4.59. The molecule has 0 radical (unpaired) electrons. The highest BCUT2D eigenvalue weighted by Gasteiger charge is 2.49. The van der Waals surface area contributed by atoms with Crippen molar-refractivity contribution in [3.8, 4) is 5.75 Å². The van der Waals surface area contributed by atoms with E-state index < -0.39 is 34.9 Å². The van der Waals surface area contributed by atoms with Crippen molar-refractivity contribution in [2.45, 2.75) is 12.5 Å². The summed E-state index contributed by atoms with van der Waals surface area (Å²) in [6.45, 7) is 0.999. The standard InChI is InChI=1S/C19H18N4O6/c1-19(12-6-8-14(9-7-12)23(27)28)17(25)22(18(26)21-19)11-16(24)20-13-4-3-5-15(10-13)29-2/h3-10H,11H2,1-2H3,(H,20,24)(H,21,26)/t19-/m1/s1. The minimum atomic E-state index is -1.43. The van der Waals surface area contributed by atoms with Gasteiger partial charge in [0.25, 0.3) is 11.6 Å². The first kappa shape index (κ1) is 19.8. The smallest absolute Gasteiger partial charge is 0.325 e. The number of nitro groups is 1. The van der Waals surface area contributed by atoms with Crippen molar-refractivity contribution in [2.75, 3.05) is 19.0 Å². The summed E-state index contributed by atoms with van der Waals surface area (Å²) in [4.78, 5) is 48.5. The second-order valence-electron chi connectivity index (χ2n) is 6.53. The van der Waals surface area contributed by atoms with Gasteiger partial charge in [-0.2, -0.15) is 0 Å². The Bertz CT molecular complexity index is 990. The van der Waals surface area contributed by atoms with Gasteiger partial charge >= 0.3 is 6.03 Å². The maximum atomic E-state index is 12.9.